The Hall–Kier alpha value is -2.27. The first-order valence-corrected chi connectivity index (χ1v) is 8.70. The van der Waals surface area contributed by atoms with Crippen LogP contribution in [0.25, 0.3) is 0 Å². The maximum absolute atomic E-state index is 12.9. The summed E-state index contributed by atoms with van der Waals surface area (Å²) < 4.78 is 0. The fraction of sp³-hybridized carbons (Fsp3) is 0.222. The van der Waals surface area contributed by atoms with Gasteiger partial charge in [-0.05, 0) is 42.7 Å². The van der Waals surface area contributed by atoms with Crippen LogP contribution in [0.4, 0.5) is 5.69 Å². The third-order valence-electron chi connectivity index (χ3n) is 3.47. The average molecular weight is 329 g/mol. The maximum atomic E-state index is 12.9. The number of carbonyl (C=O) groups excluding carboxylic acids is 1. The highest BCUT2D eigenvalue weighted by Gasteiger charge is 2.31. The number of nitrogens with zero attached hydrogens (tertiary/aromatic N) is 1. The molecule has 4 nitrogen and oxygen atoms in total. The van der Waals surface area contributed by atoms with Gasteiger partial charge in [-0.3, -0.25) is 9.69 Å². The fourth-order valence-electron chi connectivity index (χ4n) is 2.34. The Balaban J connectivity index is 2.42. The Labute approximate surface area is 140 Å². The first-order chi connectivity index (χ1) is 11.1. The van der Waals surface area contributed by atoms with E-state index in [2.05, 4.69) is 0 Å². The maximum Gasteiger partial charge on any atom is 0.326 e. The van der Waals surface area contributed by atoms with Crippen LogP contribution in [0.15, 0.2) is 60.7 Å². The van der Waals surface area contributed by atoms with Crippen molar-refractivity contribution in [3.63, 3.8) is 0 Å². The second kappa shape index (κ2) is 8.39. The molecule has 5 heteroatoms. The zero-order valence-corrected chi connectivity index (χ0v) is 13.7. The van der Waals surface area contributed by atoms with Gasteiger partial charge in [0.2, 0.25) is 0 Å². The van der Waals surface area contributed by atoms with Gasteiger partial charge in [0.1, 0.15) is 6.04 Å². The zero-order valence-electron chi connectivity index (χ0n) is 12.9. The van der Waals surface area contributed by atoms with Crippen LogP contribution in [0, 0.1) is 0 Å². The third-order valence-corrected chi connectivity index (χ3v) is 4.11. The molecule has 0 aromatic heterocycles. The molecular formula is C18H19NO3S. The van der Waals surface area contributed by atoms with E-state index in [9.17, 15) is 14.7 Å². The number of carboxylic acid groups (broad SMARTS) is 1. The van der Waals surface area contributed by atoms with E-state index in [1.807, 2.05) is 18.4 Å². The van der Waals surface area contributed by atoms with Crippen molar-refractivity contribution in [2.45, 2.75) is 12.5 Å². The molecule has 0 heterocycles. The van der Waals surface area contributed by atoms with Crippen molar-refractivity contribution in [3.8, 4) is 0 Å². The standard InChI is InChI=1S/C18H19NO3S/c1-23-13-12-16(18(21)22)19(15-10-6-3-7-11-15)17(20)14-8-4-2-5-9-14/h2-11,16H,12-13H2,1H3,(H,21,22)/t16-/m0/s1. The van der Waals surface area contributed by atoms with Gasteiger partial charge in [0.25, 0.3) is 5.91 Å². The van der Waals surface area contributed by atoms with Gasteiger partial charge >= 0.3 is 5.97 Å². The highest BCUT2D eigenvalue weighted by atomic mass is 32.2. The number of hydrogen-bond donors (Lipinski definition) is 1. The molecule has 0 aliphatic rings. The zero-order chi connectivity index (χ0) is 16.7. The molecule has 0 aliphatic carbocycles. The fourth-order valence-corrected chi connectivity index (χ4v) is 2.80. The molecule has 1 atom stereocenters. The molecule has 0 aliphatic heterocycles. The molecule has 0 spiro atoms. The molecule has 1 N–H and O–H groups in total. The highest BCUT2D eigenvalue weighted by Crippen LogP contribution is 2.22. The molecule has 0 unspecified atom stereocenters. The summed E-state index contributed by atoms with van der Waals surface area (Å²) in [6, 6.07) is 16.8. The number of benzene rings is 2. The lowest BCUT2D eigenvalue weighted by molar-refractivity contribution is -0.138. The van der Waals surface area contributed by atoms with Crippen molar-refractivity contribution >= 4 is 29.3 Å². The van der Waals surface area contributed by atoms with E-state index in [1.165, 1.54) is 4.90 Å². The van der Waals surface area contributed by atoms with Gasteiger partial charge in [-0.2, -0.15) is 11.8 Å². The normalized spacial score (nSPS) is 11.7. The molecule has 2 aromatic carbocycles. The summed E-state index contributed by atoms with van der Waals surface area (Å²) in [4.78, 5) is 26.0. The van der Waals surface area contributed by atoms with Crippen LogP contribution in [-0.4, -0.2) is 35.0 Å². The van der Waals surface area contributed by atoms with Gasteiger partial charge in [-0.15, -0.1) is 0 Å². The Kier molecular flexibility index (Phi) is 6.23. The lowest BCUT2D eigenvalue weighted by atomic mass is 10.1. The van der Waals surface area contributed by atoms with Crippen LogP contribution < -0.4 is 4.90 Å². The van der Waals surface area contributed by atoms with Gasteiger partial charge in [0.15, 0.2) is 0 Å². The minimum absolute atomic E-state index is 0.301. The van der Waals surface area contributed by atoms with E-state index in [4.69, 9.17) is 0 Å². The molecule has 23 heavy (non-hydrogen) atoms. The lowest BCUT2D eigenvalue weighted by Gasteiger charge is -2.29. The number of anilines is 1. The minimum Gasteiger partial charge on any atom is -0.480 e. The second-order valence-corrected chi connectivity index (χ2v) is 6.00. The van der Waals surface area contributed by atoms with Crippen molar-refractivity contribution in [1.29, 1.82) is 0 Å². The van der Waals surface area contributed by atoms with Crippen LogP contribution in [0.1, 0.15) is 16.8 Å². The average Bonchev–Trinajstić information content (AvgIpc) is 2.59. The van der Waals surface area contributed by atoms with Crippen molar-refractivity contribution in [3.05, 3.63) is 66.2 Å². The predicted octanol–water partition coefficient (Wildman–Crippen LogP) is 3.54. The molecule has 0 fully saturated rings. The largest absolute Gasteiger partial charge is 0.480 e. The van der Waals surface area contributed by atoms with Crippen molar-refractivity contribution in [2.75, 3.05) is 16.9 Å². The van der Waals surface area contributed by atoms with Crippen LogP contribution >= 0.6 is 11.8 Å². The SMILES string of the molecule is CSCC[C@@H](C(=O)O)N(C(=O)c1ccccc1)c1ccccc1. The topological polar surface area (TPSA) is 57.6 Å². The first-order valence-electron chi connectivity index (χ1n) is 7.30. The summed E-state index contributed by atoms with van der Waals surface area (Å²) in [6.07, 6.45) is 2.31. The molecule has 0 saturated carbocycles. The predicted molar refractivity (Wildman–Crippen MR) is 94.1 cm³/mol. The van der Waals surface area contributed by atoms with Gasteiger partial charge in [0, 0.05) is 11.3 Å². The molecule has 2 aromatic rings. The Morgan fingerprint density at radius 1 is 1.04 bits per heavy atom. The number of aliphatic carboxylic acids is 1. The number of hydrogen-bond acceptors (Lipinski definition) is 3. The quantitative estimate of drug-likeness (QED) is 0.844. The van der Waals surface area contributed by atoms with Gasteiger partial charge in [0.05, 0.1) is 0 Å². The number of rotatable bonds is 7. The number of carboxylic acids is 1. The van der Waals surface area contributed by atoms with E-state index in [-0.39, 0.29) is 5.91 Å². The highest BCUT2D eigenvalue weighted by molar-refractivity contribution is 7.98. The van der Waals surface area contributed by atoms with Crippen LogP contribution in [0.3, 0.4) is 0 Å². The molecule has 0 radical (unpaired) electrons. The Bertz CT molecular complexity index is 646. The van der Waals surface area contributed by atoms with Gasteiger partial charge in [-0.1, -0.05) is 36.4 Å². The molecule has 0 saturated heterocycles. The molecular weight excluding hydrogens is 310 g/mol. The summed E-state index contributed by atoms with van der Waals surface area (Å²) in [5.41, 5.74) is 1.07. The van der Waals surface area contributed by atoms with Crippen LogP contribution in [-0.2, 0) is 4.79 Å². The van der Waals surface area contributed by atoms with Crippen LogP contribution in [0.5, 0.6) is 0 Å². The third kappa shape index (κ3) is 4.36. The van der Waals surface area contributed by atoms with E-state index in [0.717, 1.165) is 0 Å². The van der Waals surface area contributed by atoms with E-state index in [0.29, 0.717) is 23.4 Å². The van der Waals surface area contributed by atoms with E-state index in [1.54, 1.807) is 60.3 Å². The molecule has 1 amide bonds. The smallest absolute Gasteiger partial charge is 0.326 e. The summed E-state index contributed by atoms with van der Waals surface area (Å²) in [5, 5.41) is 9.62. The number of para-hydroxylation sites is 1. The summed E-state index contributed by atoms with van der Waals surface area (Å²) in [7, 11) is 0. The van der Waals surface area contributed by atoms with Crippen molar-refractivity contribution < 1.29 is 14.7 Å². The van der Waals surface area contributed by atoms with Crippen LogP contribution in [0.2, 0.25) is 0 Å². The van der Waals surface area contributed by atoms with Gasteiger partial charge < -0.3 is 5.11 Å². The monoisotopic (exact) mass is 329 g/mol. The second-order valence-electron chi connectivity index (χ2n) is 5.01. The first kappa shape index (κ1) is 17.1. The Morgan fingerprint density at radius 3 is 2.13 bits per heavy atom. The molecule has 2 rings (SSSR count). The Morgan fingerprint density at radius 2 is 1.61 bits per heavy atom. The van der Waals surface area contributed by atoms with E-state index < -0.39 is 12.0 Å². The number of thioether (sulfide) groups is 1. The summed E-state index contributed by atoms with van der Waals surface area (Å²) in [6.45, 7) is 0. The summed E-state index contributed by atoms with van der Waals surface area (Å²) >= 11 is 1.57. The lowest BCUT2D eigenvalue weighted by Crippen LogP contribution is -2.45. The molecule has 0 bridgehead atoms. The number of amides is 1. The van der Waals surface area contributed by atoms with Crippen molar-refractivity contribution in [1.82, 2.24) is 0 Å². The van der Waals surface area contributed by atoms with Gasteiger partial charge in [-0.25, -0.2) is 4.79 Å². The van der Waals surface area contributed by atoms with Crippen molar-refractivity contribution in [2.24, 2.45) is 0 Å². The molecule has 120 valence electrons. The minimum atomic E-state index is -0.993. The summed E-state index contributed by atoms with van der Waals surface area (Å²) in [5.74, 6) is -0.625. The number of carbonyl (C=O) groups is 2. The van der Waals surface area contributed by atoms with E-state index >= 15 is 0 Å².